The van der Waals surface area contributed by atoms with Crippen LogP contribution in [0.3, 0.4) is 0 Å². The second-order valence-corrected chi connectivity index (χ2v) is 5.83. The zero-order chi connectivity index (χ0) is 12.7. The number of ether oxygens (including phenoxy) is 1. The summed E-state index contributed by atoms with van der Waals surface area (Å²) in [5, 5.41) is 0. The summed E-state index contributed by atoms with van der Waals surface area (Å²) in [6.45, 7) is 1.84. The van der Waals surface area contributed by atoms with Gasteiger partial charge in [-0.15, -0.1) is 0 Å². The minimum absolute atomic E-state index is 0.144. The van der Waals surface area contributed by atoms with Crippen molar-refractivity contribution in [1.82, 2.24) is 4.90 Å². The monoisotopic (exact) mass is 317 g/mol. The number of hydrogen-bond acceptors (Lipinski definition) is 2. The van der Waals surface area contributed by atoms with Crippen LogP contribution >= 0.6 is 15.9 Å². The molecule has 2 bridgehead atoms. The van der Waals surface area contributed by atoms with Gasteiger partial charge in [-0.2, -0.15) is 0 Å². The molecule has 98 valence electrons. The topological polar surface area (TPSA) is 12.5 Å². The number of rotatable bonds is 2. The molecule has 2 heterocycles. The molecular weight excluding hydrogens is 304 g/mol. The van der Waals surface area contributed by atoms with Crippen LogP contribution in [-0.4, -0.2) is 30.2 Å². The molecule has 18 heavy (non-hydrogen) atoms. The van der Waals surface area contributed by atoms with Crippen LogP contribution in [0.4, 0.5) is 8.78 Å². The van der Waals surface area contributed by atoms with Gasteiger partial charge in [0.2, 0.25) is 0 Å². The summed E-state index contributed by atoms with van der Waals surface area (Å²) in [5.74, 6) is -0.969. The molecule has 0 aromatic heterocycles. The second-order valence-electron chi connectivity index (χ2n) is 4.97. The Morgan fingerprint density at radius 2 is 1.89 bits per heavy atom. The van der Waals surface area contributed by atoms with Gasteiger partial charge in [0.25, 0.3) is 0 Å². The van der Waals surface area contributed by atoms with Gasteiger partial charge in [0.15, 0.2) is 0 Å². The number of morpholine rings is 1. The molecule has 2 aliphatic rings. The first-order valence-corrected chi connectivity index (χ1v) is 6.93. The van der Waals surface area contributed by atoms with E-state index in [-0.39, 0.29) is 17.8 Å². The van der Waals surface area contributed by atoms with Crippen molar-refractivity contribution in [2.75, 3.05) is 13.1 Å². The molecule has 2 saturated heterocycles. The van der Waals surface area contributed by atoms with Gasteiger partial charge >= 0.3 is 0 Å². The van der Waals surface area contributed by atoms with E-state index in [1.54, 1.807) is 0 Å². The summed E-state index contributed by atoms with van der Waals surface area (Å²) in [7, 11) is 0. The zero-order valence-corrected chi connectivity index (χ0v) is 11.4. The first-order chi connectivity index (χ1) is 8.63. The average molecular weight is 318 g/mol. The molecule has 2 fully saturated rings. The minimum atomic E-state index is -0.492. The molecule has 1 aromatic rings. The molecule has 2 unspecified atom stereocenters. The van der Waals surface area contributed by atoms with Gasteiger partial charge in [-0.1, -0.05) is 0 Å². The van der Waals surface area contributed by atoms with E-state index in [0.717, 1.165) is 25.9 Å². The van der Waals surface area contributed by atoms with Crippen molar-refractivity contribution in [3.05, 3.63) is 33.8 Å². The highest BCUT2D eigenvalue weighted by Gasteiger charge is 2.34. The van der Waals surface area contributed by atoms with Crippen molar-refractivity contribution in [2.24, 2.45) is 0 Å². The van der Waals surface area contributed by atoms with Crippen molar-refractivity contribution < 1.29 is 13.5 Å². The van der Waals surface area contributed by atoms with Gasteiger partial charge in [0.1, 0.15) is 11.6 Å². The molecule has 0 N–H and O–H groups in total. The standard InChI is InChI=1S/C13H14BrF2NO/c14-11-3-4-12(15)10(13(11)16)7-17-5-8-1-2-9(6-17)18-8/h3-4,8-9H,1-2,5-7H2. The lowest BCUT2D eigenvalue weighted by atomic mass is 10.1. The van der Waals surface area contributed by atoms with Crippen molar-refractivity contribution in [3.63, 3.8) is 0 Å². The largest absolute Gasteiger partial charge is 0.372 e. The molecule has 0 aliphatic carbocycles. The predicted molar refractivity (Wildman–Crippen MR) is 67.2 cm³/mol. The molecule has 0 spiro atoms. The Morgan fingerprint density at radius 3 is 2.56 bits per heavy atom. The summed E-state index contributed by atoms with van der Waals surface area (Å²) in [4.78, 5) is 2.08. The normalized spacial score (nSPS) is 27.7. The van der Waals surface area contributed by atoms with Crippen LogP contribution in [0.5, 0.6) is 0 Å². The summed E-state index contributed by atoms with van der Waals surface area (Å²) >= 11 is 3.10. The Labute approximate surface area is 113 Å². The highest BCUT2D eigenvalue weighted by molar-refractivity contribution is 9.10. The van der Waals surface area contributed by atoms with E-state index >= 15 is 0 Å². The van der Waals surface area contributed by atoms with Gasteiger partial charge in [-0.05, 0) is 40.9 Å². The first-order valence-electron chi connectivity index (χ1n) is 6.13. The third kappa shape index (κ3) is 2.31. The van der Waals surface area contributed by atoms with Gasteiger partial charge in [0.05, 0.1) is 16.7 Å². The Morgan fingerprint density at radius 1 is 1.22 bits per heavy atom. The number of likely N-dealkylation sites (tertiary alicyclic amines) is 1. The smallest absolute Gasteiger partial charge is 0.144 e. The van der Waals surface area contributed by atoms with Crippen LogP contribution in [0, 0.1) is 11.6 Å². The van der Waals surface area contributed by atoms with Crippen LogP contribution in [0.2, 0.25) is 0 Å². The van der Waals surface area contributed by atoms with Crippen molar-refractivity contribution in [2.45, 2.75) is 31.6 Å². The first kappa shape index (κ1) is 12.5. The van der Waals surface area contributed by atoms with Crippen LogP contribution in [0.1, 0.15) is 18.4 Å². The molecule has 2 atom stereocenters. The number of fused-ring (bicyclic) bond motifs is 2. The summed E-state index contributed by atoms with van der Waals surface area (Å²) in [6, 6.07) is 2.70. The van der Waals surface area contributed by atoms with E-state index in [2.05, 4.69) is 20.8 Å². The molecule has 3 rings (SSSR count). The molecular formula is C13H14BrF2NO. The van der Waals surface area contributed by atoms with Gasteiger partial charge in [-0.3, -0.25) is 4.90 Å². The Hall–Kier alpha value is -0.520. The molecule has 2 nitrogen and oxygen atoms in total. The molecule has 0 radical (unpaired) electrons. The molecule has 5 heteroatoms. The van der Waals surface area contributed by atoms with E-state index in [1.165, 1.54) is 12.1 Å². The Kier molecular flexibility index (Phi) is 3.38. The fourth-order valence-electron chi connectivity index (χ4n) is 2.77. The highest BCUT2D eigenvalue weighted by Crippen LogP contribution is 2.29. The van der Waals surface area contributed by atoms with E-state index in [0.29, 0.717) is 11.0 Å². The van der Waals surface area contributed by atoms with E-state index < -0.39 is 11.6 Å². The third-order valence-electron chi connectivity index (χ3n) is 3.64. The van der Waals surface area contributed by atoms with Crippen molar-refractivity contribution in [3.8, 4) is 0 Å². The van der Waals surface area contributed by atoms with Gasteiger partial charge in [-0.25, -0.2) is 8.78 Å². The van der Waals surface area contributed by atoms with Crippen LogP contribution in [0.25, 0.3) is 0 Å². The maximum absolute atomic E-state index is 13.9. The number of hydrogen-bond donors (Lipinski definition) is 0. The number of halogens is 3. The number of nitrogens with zero attached hydrogens (tertiary/aromatic N) is 1. The second kappa shape index (κ2) is 4.87. The lowest BCUT2D eigenvalue weighted by molar-refractivity contribution is -0.0416. The van der Waals surface area contributed by atoms with E-state index in [9.17, 15) is 8.78 Å². The van der Waals surface area contributed by atoms with E-state index in [4.69, 9.17) is 4.74 Å². The van der Waals surface area contributed by atoms with Crippen molar-refractivity contribution >= 4 is 15.9 Å². The Bertz CT molecular complexity index is 457. The van der Waals surface area contributed by atoms with Gasteiger partial charge in [0, 0.05) is 25.2 Å². The Balaban J connectivity index is 1.78. The maximum Gasteiger partial charge on any atom is 0.144 e. The average Bonchev–Trinajstić information content (AvgIpc) is 2.69. The summed E-state index contributed by atoms with van der Waals surface area (Å²) in [5.41, 5.74) is 0.144. The lowest BCUT2D eigenvalue weighted by Crippen LogP contribution is -2.42. The van der Waals surface area contributed by atoms with Crippen LogP contribution in [-0.2, 0) is 11.3 Å². The fraction of sp³-hybridized carbons (Fsp3) is 0.538. The molecule has 2 aliphatic heterocycles. The minimum Gasteiger partial charge on any atom is -0.372 e. The molecule has 0 saturated carbocycles. The molecule has 0 amide bonds. The summed E-state index contributed by atoms with van der Waals surface area (Å²) in [6.07, 6.45) is 2.60. The quantitative estimate of drug-likeness (QED) is 0.777. The molecule has 1 aromatic carbocycles. The zero-order valence-electron chi connectivity index (χ0n) is 9.83. The third-order valence-corrected chi connectivity index (χ3v) is 4.25. The van der Waals surface area contributed by atoms with E-state index in [1.807, 2.05) is 0 Å². The number of benzene rings is 1. The summed E-state index contributed by atoms with van der Waals surface area (Å²) < 4.78 is 33.6. The maximum atomic E-state index is 13.9. The van der Waals surface area contributed by atoms with Gasteiger partial charge < -0.3 is 4.74 Å². The van der Waals surface area contributed by atoms with Crippen LogP contribution < -0.4 is 0 Å². The van der Waals surface area contributed by atoms with Crippen molar-refractivity contribution in [1.29, 1.82) is 0 Å². The predicted octanol–water partition coefficient (Wildman–Crippen LogP) is 3.09. The highest BCUT2D eigenvalue weighted by atomic mass is 79.9. The van der Waals surface area contributed by atoms with Crippen LogP contribution in [0.15, 0.2) is 16.6 Å². The SMILES string of the molecule is Fc1ccc(Br)c(F)c1CN1CC2CCC(C1)O2. The lowest BCUT2D eigenvalue weighted by Gasteiger charge is -2.32. The fourth-order valence-corrected chi connectivity index (χ4v) is 3.14.